The summed E-state index contributed by atoms with van der Waals surface area (Å²) in [5.41, 5.74) is -0.343. The molecule has 0 fully saturated rings. The van der Waals surface area contributed by atoms with E-state index >= 15 is 0 Å². The summed E-state index contributed by atoms with van der Waals surface area (Å²) in [6.07, 6.45) is 2.99. The van der Waals surface area contributed by atoms with E-state index in [0.29, 0.717) is 0 Å². The van der Waals surface area contributed by atoms with Crippen LogP contribution in [-0.2, 0) is 0 Å². The fourth-order valence-electron chi connectivity index (χ4n) is 2.88. The lowest BCUT2D eigenvalue weighted by molar-refractivity contribution is 0.0917. The van der Waals surface area contributed by atoms with Gasteiger partial charge in [0.1, 0.15) is 16.9 Å². The first-order valence-electron chi connectivity index (χ1n) is 9.96. The Bertz CT molecular complexity index is 969. The number of carbonyl (C=O) groups is 2. The quantitative estimate of drug-likeness (QED) is 0.759. The molecule has 7 nitrogen and oxygen atoms in total. The van der Waals surface area contributed by atoms with E-state index in [-0.39, 0.29) is 23.2 Å². The summed E-state index contributed by atoms with van der Waals surface area (Å²) in [5, 5.41) is 5.64. The van der Waals surface area contributed by atoms with E-state index in [1.54, 1.807) is 23.8 Å². The number of ether oxygens (including phenoxy) is 1. The van der Waals surface area contributed by atoms with Crippen LogP contribution in [0.4, 0.5) is 0 Å². The molecule has 0 aliphatic carbocycles. The average molecular weight is 414 g/mol. The minimum absolute atomic E-state index is 0.0302. The largest absolute Gasteiger partial charge is 0.497 e. The summed E-state index contributed by atoms with van der Waals surface area (Å²) >= 11 is 0. The van der Waals surface area contributed by atoms with Crippen LogP contribution in [0, 0.1) is 0 Å². The van der Waals surface area contributed by atoms with Gasteiger partial charge in [-0.05, 0) is 59.2 Å². The molecular formula is C23H31N3O4. The number of nitrogens with zero attached hydrogens (tertiary/aromatic N) is 1. The fraction of sp³-hybridized carbons (Fsp3) is 0.435. The van der Waals surface area contributed by atoms with Gasteiger partial charge in [-0.2, -0.15) is 0 Å². The predicted octanol–water partition coefficient (Wildman–Crippen LogP) is 3.46. The third-order valence-corrected chi connectivity index (χ3v) is 4.58. The van der Waals surface area contributed by atoms with Crippen molar-refractivity contribution in [3.63, 3.8) is 0 Å². The predicted molar refractivity (Wildman–Crippen MR) is 117 cm³/mol. The SMILES string of the molecule is COc1ccc([C@@H](C)NC(=O)c2cn(C(C)C)cc(C(=O)NC(C)(C)C)c2=O)cc1. The number of aromatic nitrogens is 1. The summed E-state index contributed by atoms with van der Waals surface area (Å²) in [6.45, 7) is 11.2. The molecule has 0 saturated carbocycles. The van der Waals surface area contributed by atoms with Crippen molar-refractivity contribution in [3.05, 3.63) is 63.6 Å². The minimum Gasteiger partial charge on any atom is -0.497 e. The monoisotopic (exact) mass is 413 g/mol. The summed E-state index contributed by atoms with van der Waals surface area (Å²) in [6, 6.07) is 6.95. The van der Waals surface area contributed by atoms with Gasteiger partial charge in [-0.15, -0.1) is 0 Å². The van der Waals surface area contributed by atoms with Gasteiger partial charge in [0.15, 0.2) is 0 Å². The zero-order valence-corrected chi connectivity index (χ0v) is 18.7. The molecule has 1 aromatic carbocycles. The molecule has 2 amide bonds. The molecule has 7 heteroatoms. The number of rotatable bonds is 6. The molecule has 0 unspecified atom stereocenters. The van der Waals surface area contributed by atoms with Crippen molar-refractivity contribution < 1.29 is 14.3 Å². The van der Waals surface area contributed by atoms with Gasteiger partial charge in [-0.3, -0.25) is 14.4 Å². The lowest BCUT2D eigenvalue weighted by Gasteiger charge is -2.22. The van der Waals surface area contributed by atoms with E-state index in [2.05, 4.69) is 10.6 Å². The molecule has 0 aliphatic rings. The van der Waals surface area contributed by atoms with E-state index < -0.39 is 22.8 Å². The van der Waals surface area contributed by atoms with Gasteiger partial charge in [0, 0.05) is 24.0 Å². The molecule has 162 valence electrons. The normalized spacial score (nSPS) is 12.4. The molecule has 0 saturated heterocycles. The van der Waals surface area contributed by atoms with Gasteiger partial charge in [-0.1, -0.05) is 12.1 Å². The summed E-state index contributed by atoms with van der Waals surface area (Å²) in [5.74, 6) is -0.308. The average Bonchev–Trinajstić information content (AvgIpc) is 2.66. The van der Waals surface area contributed by atoms with Crippen LogP contribution in [0.3, 0.4) is 0 Å². The van der Waals surface area contributed by atoms with Gasteiger partial charge in [0.25, 0.3) is 11.8 Å². The molecular weight excluding hydrogens is 382 g/mol. The third kappa shape index (κ3) is 5.72. The van der Waals surface area contributed by atoms with Gasteiger partial charge >= 0.3 is 0 Å². The summed E-state index contributed by atoms with van der Waals surface area (Å²) in [4.78, 5) is 38.6. The number of hydrogen-bond donors (Lipinski definition) is 2. The topological polar surface area (TPSA) is 89.4 Å². The standard InChI is InChI=1S/C23H31N3O4/c1-14(2)26-12-18(20(27)19(13-26)22(29)25-23(4,5)6)21(28)24-15(3)16-8-10-17(30-7)11-9-16/h8-15H,1-7H3,(H,24,28)(H,25,29)/t15-/m1/s1. The first kappa shape index (κ1) is 23.2. The van der Waals surface area contributed by atoms with Crippen LogP contribution >= 0.6 is 0 Å². The maximum absolute atomic E-state index is 13.0. The highest BCUT2D eigenvalue weighted by molar-refractivity contribution is 5.99. The van der Waals surface area contributed by atoms with Crippen molar-refractivity contribution in [1.82, 2.24) is 15.2 Å². The Morgan fingerprint density at radius 1 is 0.967 bits per heavy atom. The summed E-state index contributed by atoms with van der Waals surface area (Å²) < 4.78 is 6.85. The van der Waals surface area contributed by atoms with Crippen molar-refractivity contribution in [1.29, 1.82) is 0 Å². The van der Waals surface area contributed by atoms with Crippen molar-refractivity contribution in [2.75, 3.05) is 7.11 Å². The van der Waals surface area contributed by atoms with Crippen LogP contribution in [0.1, 0.15) is 79.9 Å². The maximum Gasteiger partial charge on any atom is 0.257 e. The van der Waals surface area contributed by atoms with Crippen LogP contribution in [0.2, 0.25) is 0 Å². The first-order valence-corrected chi connectivity index (χ1v) is 9.96. The minimum atomic E-state index is -0.590. The summed E-state index contributed by atoms with van der Waals surface area (Å²) in [7, 11) is 1.59. The van der Waals surface area contributed by atoms with Crippen molar-refractivity contribution in [2.24, 2.45) is 0 Å². The van der Waals surface area contributed by atoms with Gasteiger partial charge in [0.05, 0.1) is 13.2 Å². The molecule has 0 bridgehead atoms. The Morgan fingerprint density at radius 3 is 1.97 bits per heavy atom. The zero-order chi connectivity index (χ0) is 22.6. The Labute approximate surface area is 177 Å². The number of hydrogen-bond acceptors (Lipinski definition) is 4. The number of methoxy groups -OCH3 is 1. The van der Waals surface area contributed by atoms with Crippen LogP contribution in [0.25, 0.3) is 0 Å². The second-order valence-electron chi connectivity index (χ2n) is 8.63. The van der Waals surface area contributed by atoms with Crippen molar-refractivity contribution >= 4 is 11.8 Å². The molecule has 30 heavy (non-hydrogen) atoms. The van der Waals surface area contributed by atoms with Crippen LogP contribution in [0.15, 0.2) is 41.5 Å². The lowest BCUT2D eigenvalue weighted by Crippen LogP contribution is -2.43. The van der Waals surface area contributed by atoms with Crippen LogP contribution < -0.4 is 20.8 Å². The van der Waals surface area contributed by atoms with E-state index in [1.807, 2.05) is 53.7 Å². The molecule has 1 atom stereocenters. The van der Waals surface area contributed by atoms with Gasteiger partial charge in [-0.25, -0.2) is 0 Å². The molecule has 0 aliphatic heterocycles. The number of carbonyl (C=O) groups excluding carboxylic acids is 2. The van der Waals surface area contributed by atoms with Crippen molar-refractivity contribution in [2.45, 2.75) is 59.2 Å². The van der Waals surface area contributed by atoms with E-state index in [1.165, 1.54) is 12.4 Å². The van der Waals surface area contributed by atoms with Crippen LogP contribution in [0.5, 0.6) is 5.75 Å². The number of amides is 2. The molecule has 0 spiro atoms. The molecule has 1 aromatic heterocycles. The van der Waals surface area contributed by atoms with E-state index in [4.69, 9.17) is 4.74 Å². The Morgan fingerprint density at radius 2 is 1.50 bits per heavy atom. The zero-order valence-electron chi connectivity index (χ0n) is 18.7. The second-order valence-corrected chi connectivity index (χ2v) is 8.63. The lowest BCUT2D eigenvalue weighted by atomic mass is 10.1. The number of benzene rings is 1. The van der Waals surface area contributed by atoms with E-state index in [9.17, 15) is 14.4 Å². The Kier molecular flexibility index (Phi) is 7.08. The molecule has 1 heterocycles. The van der Waals surface area contributed by atoms with Crippen LogP contribution in [-0.4, -0.2) is 29.0 Å². The van der Waals surface area contributed by atoms with Gasteiger partial charge < -0.3 is 19.9 Å². The second kappa shape index (κ2) is 9.15. The highest BCUT2D eigenvalue weighted by Crippen LogP contribution is 2.18. The smallest absolute Gasteiger partial charge is 0.257 e. The van der Waals surface area contributed by atoms with Gasteiger partial charge in [0.2, 0.25) is 5.43 Å². The van der Waals surface area contributed by atoms with Crippen molar-refractivity contribution in [3.8, 4) is 5.75 Å². The highest BCUT2D eigenvalue weighted by atomic mass is 16.5. The molecule has 2 aromatic rings. The molecule has 2 rings (SSSR count). The molecule has 2 N–H and O–H groups in total. The number of nitrogens with one attached hydrogen (secondary N) is 2. The Hall–Kier alpha value is -3.09. The van der Waals surface area contributed by atoms with E-state index in [0.717, 1.165) is 11.3 Å². The molecule has 0 radical (unpaired) electrons. The maximum atomic E-state index is 13.0. The fourth-order valence-corrected chi connectivity index (χ4v) is 2.88. The highest BCUT2D eigenvalue weighted by Gasteiger charge is 2.23. The number of pyridine rings is 1. The first-order chi connectivity index (χ1) is 13.9. The Balaban J connectivity index is 2.37. The third-order valence-electron chi connectivity index (χ3n) is 4.58.